The number of phenols is 3. The van der Waals surface area contributed by atoms with Gasteiger partial charge in [-0.3, -0.25) is 0 Å². The number of carboxylic acids is 1. The lowest BCUT2D eigenvalue weighted by Crippen LogP contribution is -2.30. The van der Waals surface area contributed by atoms with Crippen molar-refractivity contribution in [2.24, 2.45) is 0 Å². The summed E-state index contributed by atoms with van der Waals surface area (Å²) in [5, 5.41) is 40.2. The summed E-state index contributed by atoms with van der Waals surface area (Å²) in [6, 6.07) is 31.5. The van der Waals surface area contributed by atoms with Gasteiger partial charge in [-0.2, -0.15) is 0 Å². The van der Waals surface area contributed by atoms with Crippen molar-refractivity contribution in [2.45, 2.75) is 5.41 Å². The van der Waals surface area contributed by atoms with Gasteiger partial charge >= 0.3 is 5.97 Å². The molecule has 0 fully saturated rings. The molecule has 1 aliphatic rings. The molecule has 0 atom stereocenters. The van der Waals surface area contributed by atoms with Gasteiger partial charge in [-0.15, -0.1) is 0 Å². The number of phenolic OH excluding ortho intramolecular Hbond substituents is 3. The summed E-state index contributed by atoms with van der Waals surface area (Å²) in [5.41, 5.74) is 5.14. The van der Waals surface area contributed by atoms with Crippen LogP contribution in [-0.2, 0) is 5.41 Å². The molecule has 5 nitrogen and oxygen atoms in total. The standard InChI is InChI=1S/C34H22O5/c35-24-12-5-21(6-13-24)7-18-29-30(33(38)39)20-19-28-27-3-1-2-4-31(27)34(32(28)29,22-8-14-25(36)15-9-22)23-10-16-26(37)17-11-23/h1-6,8-17,19-20,35-37H,(H,38,39). The van der Waals surface area contributed by atoms with Gasteiger partial charge < -0.3 is 20.4 Å². The lowest BCUT2D eigenvalue weighted by Gasteiger charge is -2.35. The first-order chi connectivity index (χ1) is 18.9. The number of hydrogen-bond donors (Lipinski definition) is 4. The first kappa shape index (κ1) is 23.9. The van der Waals surface area contributed by atoms with Crippen LogP contribution in [0.4, 0.5) is 0 Å². The quantitative estimate of drug-likeness (QED) is 0.211. The topological polar surface area (TPSA) is 98.0 Å². The number of aromatic carboxylic acids is 1. The zero-order valence-corrected chi connectivity index (χ0v) is 20.6. The highest BCUT2D eigenvalue weighted by atomic mass is 16.4. The smallest absolute Gasteiger partial charge is 0.336 e. The van der Waals surface area contributed by atoms with E-state index in [1.54, 1.807) is 42.5 Å². The monoisotopic (exact) mass is 510 g/mol. The number of hydrogen-bond acceptors (Lipinski definition) is 4. The van der Waals surface area contributed by atoms with Crippen molar-refractivity contribution in [3.05, 3.63) is 148 Å². The van der Waals surface area contributed by atoms with E-state index in [2.05, 4.69) is 11.8 Å². The van der Waals surface area contributed by atoms with Gasteiger partial charge in [0.1, 0.15) is 17.2 Å². The van der Waals surface area contributed by atoms with Crippen LogP contribution < -0.4 is 0 Å². The number of aromatic hydroxyl groups is 3. The Morgan fingerprint density at radius 2 is 1.13 bits per heavy atom. The van der Waals surface area contributed by atoms with E-state index in [1.165, 1.54) is 12.1 Å². The summed E-state index contributed by atoms with van der Waals surface area (Å²) in [7, 11) is 0. The molecule has 0 aliphatic heterocycles. The van der Waals surface area contributed by atoms with E-state index in [1.807, 2.05) is 54.6 Å². The summed E-state index contributed by atoms with van der Waals surface area (Å²) in [6.45, 7) is 0. The van der Waals surface area contributed by atoms with E-state index in [0.717, 1.165) is 27.8 Å². The second-order valence-corrected chi connectivity index (χ2v) is 9.40. The lowest BCUT2D eigenvalue weighted by atomic mass is 9.66. The number of rotatable bonds is 3. The minimum atomic E-state index is -1.10. The van der Waals surface area contributed by atoms with Crippen LogP contribution in [0.5, 0.6) is 17.2 Å². The van der Waals surface area contributed by atoms with Gasteiger partial charge in [0.05, 0.1) is 11.0 Å². The van der Waals surface area contributed by atoms with E-state index in [4.69, 9.17) is 0 Å². The molecule has 5 heteroatoms. The number of carbonyl (C=O) groups is 1. The van der Waals surface area contributed by atoms with Crippen LogP contribution in [0.3, 0.4) is 0 Å². The minimum Gasteiger partial charge on any atom is -0.508 e. The molecule has 0 saturated carbocycles. The molecule has 0 radical (unpaired) electrons. The van der Waals surface area contributed by atoms with Crippen LogP contribution in [0.15, 0.2) is 109 Å². The fourth-order valence-electron chi connectivity index (χ4n) is 5.57. The van der Waals surface area contributed by atoms with Crippen LogP contribution in [0.2, 0.25) is 0 Å². The second kappa shape index (κ2) is 9.13. The third kappa shape index (κ3) is 3.78. The molecule has 0 bridgehead atoms. The average molecular weight is 511 g/mol. The van der Waals surface area contributed by atoms with Crippen molar-refractivity contribution in [1.29, 1.82) is 0 Å². The highest BCUT2D eigenvalue weighted by molar-refractivity contribution is 5.97. The molecule has 4 N–H and O–H groups in total. The molecule has 0 unspecified atom stereocenters. The Bertz CT molecular complexity index is 1740. The van der Waals surface area contributed by atoms with Crippen LogP contribution >= 0.6 is 0 Å². The molecule has 0 saturated heterocycles. The van der Waals surface area contributed by atoms with Gasteiger partial charge in [0, 0.05) is 11.1 Å². The van der Waals surface area contributed by atoms with Crippen molar-refractivity contribution in [3.8, 4) is 40.2 Å². The third-order valence-corrected chi connectivity index (χ3v) is 7.23. The van der Waals surface area contributed by atoms with Gasteiger partial charge in [-0.05, 0) is 88.0 Å². The third-order valence-electron chi connectivity index (χ3n) is 7.23. The van der Waals surface area contributed by atoms with E-state index < -0.39 is 11.4 Å². The van der Waals surface area contributed by atoms with E-state index >= 15 is 0 Å². The molecule has 0 heterocycles. The molecule has 0 spiro atoms. The lowest BCUT2D eigenvalue weighted by molar-refractivity contribution is 0.0696. The summed E-state index contributed by atoms with van der Waals surface area (Å²) in [6.07, 6.45) is 0. The van der Waals surface area contributed by atoms with Crippen molar-refractivity contribution >= 4 is 5.97 Å². The molecule has 5 aromatic rings. The van der Waals surface area contributed by atoms with Crippen LogP contribution in [-0.4, -0.2) is 26.4 Å². The first-order valence-electron chi connectivity index (χ1n) is 12.3. The molecule has 188 valence electrons. The van der Waals surface area contributed by atoms with Crippen LogP contribution in [0.1, 0.15) is 43.7 Å². The van der Waals surface area contributed by atoms with Crippen molar-refractivity contribution in [3.63, 3.8) is 0 Å². The largest absolute Gasteiger partial charge is 0.508 e. The summed E-state index contributed by atoms with van der Waals surface area (Å²) in [5.74, 6) is 5.49. The molecule has 39 heavy (non-hydrogen) atoms. The Balaban J connectivity index is 1.77. The van der Waals surface area contributed by atoms with Crippen molar-refractivity contribution in [1.82, 2.24) is 0 Å². The van der Waals surface area contributed by atoms with Crippen LogP contribution in [0, 0.1) is 11.8 Å². The SMILES string of the molecule is O=C(O)c1ccc2c(c1C#Cc1ccc(O)cc1)C(c1ccc(O)cc1)(c1ccc(O)cc1)c1ccccc1-2. The molecule has 0 aromatic heterocycles. The fourth-order valence-corrected chi connectivity index (χ4v) is 5.57. The van der Waals surface area contributed by atoms with Gasteiger partial charge in [0.25, 0.3) is 0 Å². The predicted molar refractivity (Wildman–Crippen MR) is 148 cm³/mol. The summed E-state index contributed by atoms with van der Waals surface area (Å²) < 4.78 is 0. The predicted octanol–water partition coefficient (Wildman–Crippen LogP) is 6.26. The fraction of sp³-hybridized carbons (Fsp3) is 0.0294. The van der Waals surface area contributed by atoms with Gasteiger partial charge in [0.15, 0.2) is 0 Å². The molecular formula is C34H22O5. The normalized spacial score (nSPS) is 12.6. The Hall–Kier alpha value is -5.47. The maximum atomic E-state index is 12.6. The zero-order valence-electron chi connectivity index (χ0n) is 20.6. The van der Waals surface area contributed by atoms with Gasteiger partial charge in [0.2, 0.25) is 0 Å². The Morgan fingerprint density at radius 1 is 0.590 bits per heavy atom. The first-order valence-corrected chi connectivity index (χ1v) is 12.3. The summed E-state index contributed by atoms with van der Waals surface area (Å²) in [4.78, 5) is 12.6. The highest BCUT2D eigenvalue weighted by Gasteiger charge is 2.48. The number of benzene rings is 5. The van der Waals surface area contributed by atoms with E-state index in [9.17, 15) is 25.2 Å². The molecule has 0 amide bonds. The maximum absolute atomic E-state index is 12.6. The number of fused-ring (bicyclic) bond motifs is 3. The van der Waals surface area contributed by atoms with E-state index in [0.29, 0.717) is 16.7 Å². The average Bonchev–Trinajstić information content (AvgIpc) is 3.25. The molecule has 1 aliphatic carbocycles. The van der Waals surface area contributed by atoms with Gasteiger partial charge in [-0.25, -0.2) is 4.79 Å². The number of carboxylic acid groups (broad SMARTS) is 1. The Morgan fingerprint density at radius 3 is 1.69 bits per heavy atom. The van der Waals surface area contributed by atoms with Crippen molar-refractivity contribution < 1.29 is 25.2 Å². The minimum absolute atomic E-state index is 0.0646. The Labute approximate surface area is 224 Å². The maximum Gasteiger partial charge on any atom is 0.336 e. The molecular weight excluding hydrogens is 488 g/mol. The van der Waals surface area contributed by atoms with E-state index in [-0.39, 0.29) is 22.8 Å². The van der Waals surface area contributed by atoms with Crippen LogP contribution in [0.25, 0.3) is 11.1 Å². The zero-order chi connectivity index (χ0) is 27.1. The van der Waals surface area contributed by atoms with Crippen molar-refractivity contribution in [2.75, 3.05) is 0 Å². The second-order valence-electron chi connectivity index (χ2n) is 9.40. The van der Waals surface area contributed by atoms with Gasteiger partial charge in [-0.1, -0.05) is 66.4 Å². The molecule has 5 aromatic carbocycles. The molecule has 6 rings (SSSR count). The summed E-state index contributed by atoms with van der Waals surface area (Å²) >= 11 is 0. The highest BCUT2D eigenvalue weighted by Crippen LogP contribution is 2.57. The Kier molecular flexibility index (Phi) is 5.59.